The highest BCUT2D eigenvalue weighted by Crippen LogP contribution is 2.28. The molecule has 0 radical (unpaired) electrons. The molecule has 1 N–H and O–H groups in total. The van der Waals surface area contributed by atoms with E-state index >= 15 is 0 Å². The molecule has 1 atom stereocenters. The molecule has 18 heavy (non-hydrogen) atoms. The van der Waals surface area contributed by atoms with Gasteiger partial charge in [0, 0.05) is 32.2 Å². The minimum atomic E-state index is -0.189. The Balaban J connectivity index is 2.28. The van der Waals surface area contributed by atoms with Crippen LogP contribution in [0.5, 0.6) is 0 Å². The zero-order chi connectivity index (χ0) is 13.0. The average molecular weight is 247 g/mol. The Labute approximate surface area is 107 Å². The molecule has 0 amide bonds. The van der Waals surface area contributed by atoms with Crippen LogP contribution < -0.4 is 5.32 Å². The lowest BCUT2D eigenvalue weighted by atomic mass is 9.97. The third-order valence-electron chi connectivity index (χ3n) is 3.55. The van der Waals surface area contributed by atoms with Gasteiger partial charge in [-0.3, -0.25) is 4.90 Å². The number of halogens is 1. The van der Waals surface area contributed by atoms with E-state index in [1.54, 1.807) is 13.0 Å². The highest BCUT2D eigenvalue weighted by atomic mass is 19.1. The lowest BCUT2D eigenvalue weighted by Crippen LogP contribution is -2.45. The van der Waals surface area contributed by atoms with E-state index in [4.69, 9.17) is 5.26 Å². The summed E-state index contributed by atoms with van der Waals surface area (Å²) in [4.78, 5) is 2.27. The quantitative estimate of drug-likeness (QED) is 0.888. The van der Waals surface area contributed by atoms with Gasteiger partial charge in [0.1, 0.15) is 5.82 Å². The first-order valence-corrected chi connectivity index (χ1v) is 6.30. The molecular formula is C14H18FN3. The van der Waals surface area contributed by atoms with E-state index in [1.165, 1.54) is 6.07 Å². The van der Waals surface area contributed by atoms with Crippen molar-refractivity contribution in [2.45, 2.75) is 19.4 Å². The summed E-state index contributed by atoms with van der Waals surface area (Å²) in [5.74, 6) is -0.189. The van der Waals surface area contributed by atoms with Crippen LogP contribution in [0.2, 0.25) is 0 Å². The molecule has 1 fully saturated rings. The molecule has 96 valence electrons. The monoisotopic (exact) mass is 247 g/mol. The van der Waals surface area contributed by atoms with Crippen LogP contribution >= 0.6 is 0 Å². The largest absolute Gasteiger partial charge is 0.314 e. The molecule has 1 saturated heterocycles. The standard InChI is InChI=1S/C14H18FN3/c1-11-12(3-2-4-13(11)15)14(5-6-16)18-9-7-17-8-10-18/h2-4,14,17H,5,7-10H2,1H3/t14-/m0/s1. The van der Waals surface area contributed by atoms with Crippen molar-refractivity contribution in [3.05, 3.63) is 35.1 Å². The third-order valence-corrected chi connectivity index (χ3v) is 3.55. The van der Waals surface area contributed by atoms with Gasteiger partial charge in [-0.2, -0.15) is 5.26 Å². The van der Waals surface area contributed by atoms with Gasteiger partial charge in [0.15, 0.2) is 0 Å². The molecule has 1 aromatic rings. The topological polar surface area (TPSA) is 39.1 Å². The van der Waals surface area contributed by atoms with Crippen LogP contribution in [-0.2, 0) is 0 Å². The summed E-state index contributed by atoms with van der Waals surface area (Å²) in [7, 11) is 0. The van der Waals surface area contributed by atoms with E-state index in [0.29, 0.717) is 12.0 Å². The minimum Gasteiger partial charge on any atom is -0.314 e. The van der Waals surface area contributed by atoms with Crippen LogP contribution in [0, 0.1) is 24.1 Å². The van der Waals surface area contributed by atoms with Crippen molar-refractivity contribution >= 4 is 0 Å². The smallest absolute Gasteiger partial charge is 0.126 e. The Bertz CT molecular complexity index is 447. The van der Waals surface area contributed by atoms with Gasteiger partial charge >= 0.3 is 0 Å². The predicted octanol–water partition coefficient (Wildman–Crippen LogP) is 1.99. The molecule has 1 heterocycles. The average Bonchev–Trinajstić information content (AvgIpc) is 2.41. The molecule has 0 bridgehead atoms. The summed E-state index contributed by atoms with van der Waals surface area (Å²) >= 11 is 0. The second-order valence-electron chi connectivity index (χ2n) is 4.62. The molecule has 1 aromatic carbocycles. The number of hydrogen-bond acceptors (Lipinski definition) is 3. The molecule has 1 aliphatic heterocycles. The van der Waals surface area contributed by atoms with E-state index in [0.717, 1.165) is 31.7 Å². The molecular weight excluding hydrogens is 229 g/mol. The SMILES string of the molecule is Cc1c(F)cccc1[C@H](CC#N)N1CCNCC1. The maximum Gasteiger partial charge on any atom is 0.126 e. The molecule has 2 rings (SSSR count). The number of nitrogens with zero attached hydrogens (tertiary/aromatic N) is 2. The Kier molecular flexibility index (Phi) is 4.29. The van der Waals surface area contributed by atoms with Crippen LogP contribution in [0.25, 0.3) is 0 Å². The van der Waals surface area contributed by atoms with Crippen molar-refractivity contribution < 1.29 is 4.39 Å². The predicted molar refractivity (Wildman–Crippen MR) is 68.6 cm³/mol. The Morgan fingerprint density at radius 3 is 2.83 bits per heavy atom. The van der Waals surface area contributed by atoms with Gasteiger partial charge in [-0.05, 0) is 24.1 Å². The molecule has 3 nitrogen and oxygen atoms in total. The summed E-state index contributed by atoms with van der Waals surface area (Å²) in [6.45, 7) is 5.45. The van der Waals surface area contributed by atoms with Crippen molar-refractivity contribution in [2.75, 3.05) is 26.2 Å². The first-order chi connectivity index (χ1) is 8.74. The zero-order valence-electron chi connectivity index (χ0n) is 10.6. The van der Waals surface area contributed by atoms with Crippen LogP contribution in [0.1, 0.15) is 23.6 Å². The molecule has 0 aromatic heterocycles. The van der Waals surface area contributed by atoms with E-state index in [2.05, 4.69) is 16.3 Å². The second-order valence-corrected chi connectivity index (χ2v) is 4.62. The van der Waals surface area contributed by atoms with E-state index in [1.807, 2.05) is 6.07 Å². The number of piperazine rings is 1. The fourth-order valence-corrected chi connectivity index (χ4v) is 2.50. The lowest BCUT2D eigenvalue weighted by Gasteiger charge is -2.34. The third kappa shape index (κ3) is 2.69. The maximum atomic E-state index is 13.6. The summed E-state index contributed by atoms with van der Waals surface area (Å²) in [6.07, 6.45) is 0.407. The Morgan fingerprint density at radius 2 is 2.17 bits per heavy atom. The van der Waals surface area contributed by atoms with Gasteiger partial charge in [0.25, 0.3) is 0 Å². The van der Waals surface area contributed by atoms with Crippen molar-refractivity contribution in [1.82, 2.24) is 10.2 Å². The highest BCUT2D eigenvalue weighted by molar-refractivity contribution is 5.31. The lowest BCUT2D eigenvalue weighted by molar-refractivity contribution is 0.175. The highest BCUT2D eigenvalue weighted by Gasteiger charge is 2.23. The second kappa shape index (κ2) is 5.94. The fraction of sp³-hybridized carbons (Fsp3) is 0.500. The summed E-state index contributed by atoms with van der Waals surface area (Å²) in [5.41, 5.74) is 1.61. The summed E-state index contributed by atoms with van der Waals surface area (Å²) < 4.78 is 13.6. The van der Waals surface area contributed by atoms with Gasteiger partial charge in [0.2, 0.25) is 0 Å². The molecule has 0 unspecified atom stereocenters. The van der Waals surface area contributed by atoms with Crippen LogP contribution in [0.4, 0.5) is 4.39 Å². The molecule has 0 aliphatic carbocycles. The van der Waals surface area contributed by atoms with E-state index < -0.39 is 0 Å². The van der Waals surface area contributed by atoms with Crippen molar-refractivity contribution in [2.24, 2.45) is 0 Å². The normalized spacial score (nSPS) is 18.3. The molecule has 0 spiro atoms. The Hall–Kier alpha value is -1.44. The van der Waals surface area contributed by atoms with Crippen molar-refractivity contribution in [1.29, 1.82) is 5.26 Å². The number of benzene rings is 1. The first-order valence-electron chi connectivity index (χ1n) is 6.30. The number of rotatable bonds is 3. The van der Waals surface area contributed by atoms with Gasteiger partial charge in [-0.1, -0.05) is 12.1 Å². The number of nitrogens with one attached hydrogen (secondary N) is 1. The van der Waals surface area contributed by atoms with Gasteiger partial charge in [-0.15, -0.1) is 0 Å². The van der Waals surface area contributed by atoms with Gasteiger partial charge in [0.05, 0.1) is 12.5 Å². The number of nitriles is 1. The van der Waals surface area contributed by atoms with Crippen LogP contribution in [0.15, 0.2) is 18.2 Å². The zero-order valence-corrected chi connectivity index (χ0v) is 10.6. The summed E-state index contributed by atoms with van der Waals surface area (Å²) in [5, 5.41) is 12.3. The molecule has 4 heteroatoms. The van der Waals surface area contributed by atoms with Crippen molar-refractivity contribution in [3.63, 3.8) is 0 Å². The molecule has 1 aliphatic rings. The van der Waals surface area contributed by atoms with Crippen LogP contribution in [-0.4, -0.2) is 31.1 Å². The van der Waals surface area contributed by atoms with Crippen LogP contribution in [0.3, 0.4) is 0 Å². The molecule has 0 saturated carbocycles. The van der Waals surface area contributed by atoms with Gasteiger partial charge in [-0.25, -0.2) is 4.39 Å². The van der Waals surface area contributed by atoms with Crippen molar-refractivity contribution in [3.8, 4) is 6.07 Å². The minimum absolute atomic E-state index is 0.00722. The van der Waals surface area contributed by atoms with E-state index in [9.17, 15) is 4.39 Å². The van der Waals surface area contributed by atoms with E-state index in [-0.39, 0.29) is 11.9 Å². The number of hydrogen-bond donors (Lipinski definition) is 1. The maximum absolute atomic E-state index is 13.6. The van der Waals surface area contributed by atoms with Gasteiger partial charge < -0.3 is 5.32 Å². The summed E-state index contributed by atoms with van der Waals surface area (Å²) in [6, 6.07) is 7.36. The first kappa shape index (κ1) is 13.0. The fourth-order valence-electron chi connectivity index (χ4n) is 2.50. The Morgan fingerprint density at radius 1 is 1.44 bits per heavy atom.